The van der Waals surface area contributed by atoms with E-state index in [1.807, 2.05) is 23.8 Å². The van der Waals surface area contributed by atoms with Gasteiger partial charge >= 0.3 is 0 Å². The molecule has 1 aromatic heterocycles. The van der Waals surface area contributed by atoms with Gasteiger partial charge in [0, 0.05) is 29.8 Å². The number of aromatic nitrogens is 1. The predicted molar refractivity (Wildman–Crippen MR) is 84.9 cm³/mol. The molecular formula is C15H24BrN3O. The van der Waals surface area contributed by atoms with Crippen LogP contribution in [0.4, 0.5) is 0 Å². The van der Waals surface area contributed by atoms with Crippen LogP contribution in [0.25, 0.3) is 0 Å². The molecule has 1 unspecified atom stereocenters. The van der Waals surface area contributed by atoms with E-state index in [-0.39, 0.29) is 11.3 Å². The van der Waals surface area contributed by atoms with Crippen LogP contribution >= 0.6 is 15.9 Å². The fraction of sp³-hybridized carbons (Fsp3) is 0.667. The molecule has 4 nitrogen and oxygen atoms in total. The summed E-state index contributed by atoms with van der Waals surface area (Å²) in [5, 5.41) is 6.59. The van der Waals surface area contributed by atoms with Gasteiger partial charge in [-0.2, -0.15) is 0 Å². The molecule has 1 amide bonds. The number of halogens is 1. The highest BCUT2D eigenvalue weighted by molar-refractivity contribution is 9.10. The maximum Gasteiger partial charge on any atom is 0.268 e. The van der Waals surface area contributed by atoms with Crippen molar-refractivity contribution in [2.75, 3.05) is 13.1 Å². The Labute approximate surface area is 129 Å². The first kappa shape index (κ1) is 15.6. The highest BCUT2D eigenvalue weighted by atomic mass is 79.9. The monoisotopic (exact) mass is 341 g/mol. The molecule has 112 valence electrons. The number of nitrogens with zero attached hydrogens (tertiary/aromatic N) is 1. The number of carbonyl (C=O) groups excluding carboxylic acids is 1. The maximum atomic E-state index is 12.3. The molecule has 0 saturated carbocycles. The molecule has 1 aliphatic rings. The lowest BCUT2D eigenvalue weighted by Gasteiger charge is -2.39. The van der Waals surface area contributed by atoms with Crippen molar-refractivity contribution >= 4 is 21.8 Å². The van der Waals surface area contributed by atoms with Crippen molar-refractivity contribution < 1.29 is 4.79 Å². The van der Waals surface area contributed by atoms with Gasteiger partial charge in [-0.15, -0.1) is 0 Å². The topological polar surface area (TPSA) is 46.1 Å². The molecule has 0 bridgehead atoms. The summed E-state index contributed by atoms with van der Waals surface area (Å²) in [5.41, 5.74) is 0.951. The molecule has 0 radical (unpaired) electrons. The third kappa shape index (κ3) is 3.44. The van der Waals surface area contributed by atoms with Crippen LogP contribution in [0.1, 0.15) is 44.1 Å². The molecule has 2 rings (SSSR count). The van der Waals surface area contributed by atoms with Crippen molar-refractivity contribution in [1.29, 1.82) is 0 Å². The summed E-state index contributed by atoms with van der Waals surface area (Å²) in [6.45, 7) is 9.08. The van der Waals surface area contributed by atoms with Crippen LogP contribution in [-0.4, -0.2) is 29.6 Å². The summed E-state index contributed by atoms with van der Waals surface area (Å²) in [6.07, 6.45) is 4.36. The average Bonchev–Trinajstić information content (AvgIpc) is 2.78. The van der Waals surface area contributed by atoms with Crippen molar-refractivity contribution in [3.63, 3.8) is 0 Å². The number of carbonyl (C=O) groups is 1. The predicted octanol–water partition coefficient (Wildman–Crippen LogP) is 2.78. The van der Waals surface area contributed by atoms with E-state index in [0.717, 1.165) is 17.6 Å². The van der Waals surface area contributed by atoms with E-state index >= 15 is 0 Å². The fourth-order valence-corrected chi connectivity index (χ4v) is 3.30. The van der Waals surface area contributed by atoms with Gasteiger partial charge in [-0.25, -0.2) is 0 Å². The SMILES string of the molecule is CCn1cc(Br)cc1C(=O)NCC1NCCCC1(C)C. The minimum absolute atomic E-state index is 0.000670. The Kier molecular flexibility index (Phi) is 4.91. The van der Waals surface area contributed by atoms with Gasteiger partial charge in [0.05, 0.1) is 0 Å². The zero-order valence-corrected chi connectivity index (χ0v) is 14.1. The standard InChI is InChI=1S/C15H24BrN3O/c1-4-19-10-11(16)8-12(19)14(20)18-9-13-15(2,3)6-5-7-17-13/h8,10,13,17H,4-7,9H2,1-3H3,(H,18,20). The molecule has 1 saturated heterocycles. The number of amides is 1. The van der Waals surface area contributed by atoms with Crippen molar-refractivity contribution in [2.24, 2.45) is 5.41 Å². The Balaban J connectivity index is 1.98. The highest BCUT2D eigenvalue weighted by Gasteiger charge is 2.32. The third-order valence-corrected chi connectivity index (χ3v) is 4.67. The Morgan fingerprint density at radius 1 is 1.60 bits per heavy atom. The van der Waals surface area contributed by atoms with Gasteiger partial charge in [-0.1, -0.05) is 13.8 Å². The molecule has 2 N–H and O–H groups in total. The van der Waals surface area contributed by atoms with E-state index in [4.69, 9.17) is 0 Å². The summed E-state index contributed by atoms with van der Waals surface area (Å²) < 4.78 is 2.90. The number of aryl methyl sites for hydroxylation is 1. The smallest absolute Gasteiger partial charge is 0.268 e. The first-order chi connectivity index (χ1) is 9.44. The molecule has 1 atom stereocenters. The van der Waals surface area contributed by atoms with Gasteiger partial charge in [0.2, 0.25) is 0 Å². The van der Waals surface area contributed by atoms with Gasteiger partial charge in [0.25, 0.3) is 5.91 Å². The number of hydrogen-bond donors (Lipinski definition) is 2. The summed E-state index contributed by atoms with van der Waals surface area (Å²) >= 11 is 3.42. The fourth-order valence-electron chi connectivity index (χ4n) is 2.83. The summed E-state index contributed by atoms with van der Waals surface area (Å²) in [5.74, 6) is 0.000670. The van der Waals surface area contributed by atoms with Crippen LogP contribution in [-0.2, 0) is 6.54 Å². The Bertz CT molecular complexity index is 481. The molecule has 0 aromatic carbocycles. The summed E-state index contributed by atoms with van der Waals surface area (Å²) in [6, 6.07) is 2.21. The second-order valence-electron chi connectivity index (χ2n) is 6.14. The lowest BCUT2D eigenvalue weighted by molar-refractivity contribution is 0.0920. The van der Waals surface area contributed by atoms with Gasteiger partial charge in [0.15, 0.2) is 0 Å². The molecule has 5 heteroatoms. The first-order valence-corrected chi connectivity index (χ1v) is 8.10. The number of nitrogens with one attached hydrogen (secondary N) is 2. The van der Waals surface area contributed by atoms with E-state index in [1.54, 1.807) is 0 Å². The van der Waals surface area contributed by atoms with Crippen molar-refractivity contribution in [3.05, 3.63) is 22.4 Å². The molecular weight excluding hydrogens is 318 g/mol. The van der Waals surface area contributed by atoms with Crippen molar-refractivity contribution in [2.45, 2.75) is 46.2 Å². The van der Waals surface area contributed by atoms with E-state index < -0.39 is 0 Å². The molecule has 1 fully saturated rings. The first-order valence-electron chi connectivity index (χ1n) is 7.31. The number of hydrogen-bond acceptors (Lipinski definition) is 2. The molecule has 0 aliphatic carbocycles. The molecule has 20 heavy (non-hydrogen) atoms. The minimum Gasteiger partial charge on any atom is -0.349 e. The molecule has 2 heterocycles. The normalized spacial score (nSPS) is 21.7. The van der Waals surface area contributed by atoms with Crippen LogP contribution in [0, 0.1) is 5.41 Å². The molecule has 0 spiro atoms. The zero-order valence-electron chi connectivity index (χ0n) is 12.5. The van der Waals surface area contributed by atoms with Crippen LogP contribution in [0.15, 0.2) is 16.7 Å². The third-order valence-electron chi connectivity index (χ3n) is 4.24. The lowest BCUT2D eigenvalue weighted by atomic mass is 9.77. The largest absolute Gasteiger partial charge is 0.349 e. The second-order valence-corrected chi connectivity index (χ2v) is 7.05. The van der Waals surface area contributed by atoms with E-state index in [2.05, 4.69) is 40.4 Å². The number of piperidine rings is 1. The van der Waals surface area contributed by atoms with Crippen LogP contribution in [0.5, 0.6) is 0 Å². The van der Waals surface area contributed by atoms with Crippen LogP contribution in [0.2, 0.25) is 0 Å². The van der Waals surface area contributed by atoms with Crippen LogP contribution < -0.4 is 10.6 Å². The van der Waals surface area contributed by atoms with Gasteiger partial charge in [-0.3, -0.25) is 4.79 Å². The van der Waals surface area contributed by atoms with Gasteiger partial charge < -0.3 is 15.2 Å². The highest BCUT2D eigenvalue weighted by Crippen LogP contribution is 2.29. The molecule has 1 aromatic rings. The Hall–Kier alpha value is -0.810. The number of rotatable bonds is 4. The summed E-state index contributed by atoms with van der Waals surface area (Å²) in [7, 11) is 0. The van der Waals surface area contributed by atoms with E-state index in [1.165, 1.54) is 12.8 Å². The minimum atomic E-state index is 0.000670. The average molecular weight is 342 g/mol. The zero-order chi connectivity index (χ0) is 14.8. The van der Waals surface area contributed by atoms with Crippen molar-refractivity contribution in [1.82, 2.24) is 15.2 Å². The van der Waals surface area contributed by atoms with E-state index in [0.29, 0.717) is 18.3 Å². The van der Waals surface area contributed by atoms with E-state index in [9.17, 15) is 4.79 Å². The lowest BCUT2D eigenvalue weighted by Crippen LogP contribution is -2.52. The quantitative estimate of drug-likeness (QED) is 0.884. The van der Waals surface area contributed by atoms with Crippen LogP contribution in [0.3, 0.4) is 0 Å². The van der Waals surface area contributed by atoms with Gasteiger partial charge in [0.1, 0.15) is 5.69 Å². The second kappa shape index (κ2) is 6.31. The maximum absolute atomic E-state index is 12.3. The summed E-state index contributed by atoms with van der Waals surface area (Å²) in [4.78, 5) is 12.3. The Morgan fingerprint density at radius 3 is 3.00 bits per heavy atom. The van der Waals surface area contributed by atoms with Crippen molar-refractivity contribution in [3.8, 4) is 0 Å². The Morgan fingerprint density at radius 2 is 2.35 bits per heavy atom. The van der Waals surface area contributed by atoms with Gasteiger partial charge in [-0.05, 0) is 53.7 Å². The molecule has 1 aliphatic heterocycles.